The highest BCUT2D eigenvalue weighted by Gasteiger charge is 2.13. The fourth-order valence-corrected chi connectivity index (χ4v) is 4.00. The summed E-state index contributed by atoms with van der Waals surface area (Å²) in [4.78, 5) is 4.73. The predicted octanol–water partition coefficient (Wildman–Crippen LogP) is 4.27. The summed E-state index contributed by atoms with van der Waals surface area (Å²) in [6.07, 6.45) is 0. The molecule has 0 bridgehead atoms. The van der Waals surface area contributed by atoms with E-state index in [1.807, 2.05) is 6.07 Å². The van der Waals surface area contributed by atoms with Crippen molar-refractivity contribution >= 4 is 32.3 Å². The number of fused-ring (bicyclic) bond motifs is 2. The van der Waals surface area contributed by atoms with Crippen LogP contribution in [0.2, 0.25) is 0 Å². The van der Waals surface area contributed by atoms with Gasteiger partial charge in [-0.2, -0.15) is 0 Å². The van der Waals surface area contributed by atoms with Gasteiger partial charge in [0.05, 0.1) is 10.2 Å². The first kappa shape index (κ1) is 14.4. The van der Waals surface area contributed by atoms with Gasteiger partial charge in [-0.25, -0.2) is 4.98 Å². The molecule has 1 atom stereocenters. The van der Waals surface area contributed by atoms with E-state index >= 15 is 0 Å². The van der Waals surface area contributed by atoms with Gasteiger partial charge in [0.2, 0.25) is 0 Å². The van der Waals surface area contributed by atoms with Gasteiger partial charge in [-0.05, 0) is 29.8 Å². The first-order valence-corrected chi connectivity index (χ1v) is 8.78. The van der Waals surface area contributed by atoms with E-state index in [1.54, 1.807) is 11.3 Å². The zero-order valence-electron chi connectivity index (χ0n) is 13.1. The Morgan fingerprint density at radius 1 is 0.957 bits per heavy atom. The number of thiazole rings is 1. The second kappa shape index (κ2) is 6.11. The SMILES string of the molecule is C[C@H]([NH2+]Cc1nc2ccccc2s1)c1cccc2ccccc12. The average Bonchev–Trinajstić information content (AvgIpc) is 3.02. The molecule has 0 unspecified atom stereocenters. The van der Waals surface area contributed by atoms with Crippen LogP contribution >= 0.6 is 11.3 Å². The normalized spacial score (nSPS) is 12.7. The van der Waals surface area contributed by atoms with Crippen molar-refractivity contribution in [1.82, 2.24) is 4.98 Å². The van der Waals surface area contributed by atoms with Gasteiger partial charge in [-0.1, -0.05) is 54.6 Å². The minimum Gasteiger partial charge on any atom is -0.335 e. The Bertz CT molecular complexity index is 920. The summed E-state index contributed by atoms with van der Waals surface area (Å²) in [5.41, 5.74) is 2.50. The largest absolute Gasteiger partial charge is 0.335 e. The van der Waals surface area contributed by atoms with Crippen LogP contribution in [0.4, 0.5) is 0 Å². The van der Waals surface area contributed by atoms with Gasteiger partial charge in [0.25, 0.3) is 0 Å². The smallest absolute Gasteiger partial charge is 0.148 e. The topological polar surface area (TPSA) is 29.5 Å². The first-order valence-electron chi connectivity index (χ1n) is 7.97. The highest BCUT2D eigenvalue weighted by molar-refractivity contribution is 7.18. The van der Waals surface area contributed by atoms with Crippen LogP contribution in [0.1, 0.15) is 23.5 Å². The molecule has 0 radical (unpaired) electrons. The lowest BCUT2D eigenvalue weighted by Gasteiger charge is -2.13. The molecule has 0 amide bonds. The number of nitrogens with two attached hydrogens (primary N) is 1. The summed E-state index contributed by atoms with van der Waals surface area (Å²) < 4.78 is 1.27. The summed E-state index contributed by atoms with van der Waals surface area (Å²) in [7, 11) is 0. The molecule has 0 aliphatic carbocycles. The van der Waals surface area contributed by atoms with Gasteiger partial charge in [0.1, 0.15) is 17.6 Å². The lowest BCUT2D eigenvalue weighted by atomic mass is 10.00. The Labute approximate surface area is 139 Å². The maximum absolute atomic E-state index is 4.73. The maximum Gasteiger partial charge on any atom is 0.148 e. The lowest BCUT2D eigenvalue weighted by Crippen LogP contribution is -2.83. The molecule has 1 aromatic heterocycles. The van der Waals surface area contributed by atoms with Crippen molar-refractivity contribution in [3.05, 3.63) is 77.3 Å². The Morgan fingerprint density at radius 3 is 2.65 bits per heavy atom. The summed E-state index contributed by atoms with van der Waals surface area (Å²) >= 11 is 1.80. The van der Waals surface area contributed by atoms with Crippen molar-refractivity contribution in [3.8, 4) is 0 Å². The molecular formula is C20H19N2S+. The molecule has 1 heterocycles. The van der Waals surface area contributed by atoms with Crippen molar-refractivity contribution in [2.75, 3.05) is 0 Å². The molecule has 4 rings (SSSR count). The molecule has 0 aliphatic heterocycles. The standard InChI is InChI=1S/C20H18N2S/c1-14(16-10-6-8-15-7-2-3-9-17(15)16)21-13-20-22-18-11-4-5-12-19(18)23-20/h2-12,14,21H,13H2,1H3/p+1/t14-/m0/s1. The van der Waals surface area contributed by atoms with Crippen LogP contribution in [0.5, 0.6) is 0 Å². The summed E-state index contributed by atoms with van der Waals surface area (Å²) in [5, 5.41) is 6.23. The third-order valence-corrected chi connectivity index (χ3v) is 5.36. The van der Waals surface area contributed by atoms with Crippen LogP contribution in [-0.2, 0) is 6.54 Å². The molecule has 0 saturated carbocycles. The third kappa shape index (κ3) is 2.85. The number of para-hydroxylation sites is 1. The van der Waals surface area contributed by atoms with Crippen LogP contribution in [0.3, 0.4) is 0 Å². The molecule has 4 aromatic rings. The highest BCUT2D eigenvalue weighted by Crippen LogP contribution is 2.23. The number of hydrogen-bond acceptors (Lipinski definition) is 2. The quantitative estimate of drug-likeness (QED) is 0.598. The van der Waals surface area contributed by atoms with Gasteiger partial charge in [0.15, 0.2) is 0 Å². The van der Waals surface area contributed by atoms with Crippen LogP contribution in [0.25, 0.3) is 21.0 Å². The van der Waals surface area contributed by atoms with E-state index in [4.69, 9.17) is 4.98 Å². The van der Waals surface area contributed by atoms with Crippen molar-refractivity contribution in [3.63, 3.8) is 0 Å². The molecular weight excluding hydrogens is 300 g/mol. The molecule has 23 heavy (non-hydrogen) atoms. The fraction of sp³-hybridized carbons (Fsp3) is 0.150. The van der Waals surface area contributed by atoms with Crippen molar-refractivity contribution in [2.24, 2.45) is 0 Å². The summed E-state index contributed by atoms with van der Waals surface area (Å²) in [6, 6.07) is 23.9. The van der Waals surface area contributed by atoms with Crippen molar-refractivity contribution in [1.29, 1.82) is 0 Å². The van der Waals surface area contributed by atoms with E-state index in [9.17, 15) is 0 Å². The molecule has 0 saturated heterocycles. The Morgan fingerprint density at radius 2 is 1.74 bits per heavy atom. The number of hydrogen-bond donors (Lipinski definition) is 1. The molecule has 0 fully saturated rings. The van der Waals surface area contributed by atoms with Crippen molar-refractivity contribution < 1.29 is 5.32 Å². The number of aromatic nitrogens is 1. The number of rotatable bonds is 4. The molecule has 0 aliphatic rings. The van der Waals surface area contributed by atoms with Gasteiger partial charge >= 0.3 is 0 Å². The lowest BCUT2D eigenvalue weighted by molar-refractivity contribution is -0.707. The van der Waals surface area contributed by atoms with Gasteiger partial charge in [-0.15, -0.1) is 11.3 Å². The molecule has 0 spiro atoms. The van der Waals surface area contributed by atoms with Crippen LogP contribution in [0, 0.1) is 0 Å². The Kier molecular flexibility index (Phi) is 3.82. The predicted molar refractivity (Wildman–Crippen MR) is 97.6 cm³/mol. The van der Waals surface area contributed by atoms with Crippen LogP contribution in [0.15, 0.2) is 66.7 Å². The van der Waals surface area contributed by atoms with E-state index in [2.05, 4.69) is 72.9 Å². The van der Waals surface area contributed by atoms with E-state index in [0.29, 0.717) is 6.04 Å². The van der Waals surface area contributed by atoms with Gasteiger partial charge in [-0.3, -0.25) is 0 Å². The molecule has 114 valence electrons. The van der Waals surface area contributed by atoms with Crippen LogP contribution in [-0.4, -0.2) is 4.98 Å². The minimum atomic E-state index is 0.410. The first-order chi connectivity index (χ1) is 11.3. The van der Waals surface area contributed by atoms with E-state index in [1.165, 1.54) is 26.0 Å². The molecule has 2 N–H and O–H groups in total. The number of benzene rings is 3. The fourth-order valence-electron chi connectivity index (χ4n) is 3.06. The van der Waals surface area contributed by atoms with Crippen molar-refractivity contribution in [2.45, 2.75) is 19.5 Å². The van der Waals surface area contributed by atoms with Gasteiger partial charge < -0.3 is 5.32 Å². The third-order valence-electron chi connectivity index (χ3n) is 4.30. The second-order valence-electron chi connectivity index (χ2n) is 5.87. The Hall–Kier alpha value is -2.23. The molecule has 2 nitrogen and oxygen atoms in total. The zero-order valence-corrected chi connectivity index (χ0v) is 13.9. The number of quaternary nitrogens is 1. The van der Waals surface area contributed by atoms with E-state index in [0.717, 1.165) is 12.1 Å². The Balaban J connectivity index is 1.56. The zero-order chi connectivity index (χ0) is 15.6. The average molecular weight is 319 g/mol. The molecule has 3 heteroatoms. The molecule has 3 aromatic carbocycles. The maximum atomic E-state index is 4.73. The number of nitrogens with zero attached hydrogens (tertiary/aromatic N) is 1. The summed E-state index contributed by atoms with van der Waals surface area (Å²) in [6.45, 7) is 3.19. The highest BCUT2D eigenvalue weighted by atomic mass is 32.1. The van der Waals surface area contributed by atoms with E-state index in [-0.39, 0.29) is 0 Å². The van der Waals surface area contributed by atoms with Crippen LogP contribution < -0.4 is 5.32 Å². The minimum absolute atomic E-state index is 0.410. The monoisotopic (exact) mass is 319 g/mol. The van der Waals surface area contributed by atoms with E-state index < -0.39 is 0 Å². The van der Waals surface area contributed by atoms with Gasteiger partial charge in [0, 0.05) is 5.56 Å². The second-order valence-corrected chi connectivity index (χ2v) is 6.99. The summed E-state index contributed by atoms with van der Waals surface area (Å²) in [5.74, 6) is 0.